The number of hydrogen-bond donors (Lipinski definition) is 2. The third-order valence-electron chi connectivity index (χ3n) is 4.96. The molecular formula is C24H29N5O2S. The molecule has 2 aromatic carbocycles. The number of carbonyl (C=O) groups excluding carboxylic acids is 2. The van der Waals surface area contributed by atoms with E-state index < -0.39 is 0 Å². The summed E-state index contributed by atoms with van der Waals surface area (Å²) in [6.07, 6.45) is 0. The fraction of sp³-hybridized carbons (Fsp3) is 0.333. The average molecular weight is 452 g/mol. The van der Waals surface area contributed by atoms with Crippen LogP contribution in [0.2, 0.25) is 0 Å². The second-order valence-electron chi connectivity index (χ2n) is 7.85. The number of amides is 2. The molecule has 1 atom stereocenters. The van der Waals surface area contributed by atoms with E-state index in [4.69, 9.17) is 0 Å². The van der Waals surface area contributed by atoms with Gasteiger partial charge in [0.2, 0.25) is 5.91 Å². The third kappa shape index (κ3) is 5.97. The molecule has 0 aliphatic carbocycles. The second-order valence-corrected chi connectivity index (χ2v) is 8.80. The summed E-state index contributed by atoms with van der Waals surface area (Å²) in [6.45, 7) is 8.69. The lowest BCUT2D eigenvalue weighted by molar-refractivity contribution is -0.113. The van der Waals surface area contributed by atoms with Gasteiger partial charge < -0.3 is 15.2 Å². The standard InChI is InChI=1S/C24H29N5O2S/c1-5-29-22(21(16(2)3)26-23(31)18-11-7-6-8-12-18)27-28-24(29)32-15-20(30)25-19-13-9-10-17(4)14-19/h6-14,16,21H,5,15H2,1-4H3,(H,25,30)(H,26,31)/t21-/m0/s1. The van der Waals surface area contributed by atoms with Crippen molar-refractivity contribution in [2.45, 2.75) is 45.4 Å². The number of aryl methyl sites for hydroxylation is 1. The molecule has 0 radical (unpaired) electrons. The van der Waals surface area contributed by atoms with Gasteiger partial charge in [0, 0.05) is 17.8 Å². The van der Waals surface area contributed by atoms with Crippen molar-refractivity contribution in [3.8, 4) is 0 Å². The highest BCUT2D eigenvalue weighted by Crippen LogP contribution is 2.25. The smallest absolute Gasteiger partial charge is 0.251 e. The van der Waals surface area contributed by atoms with E-state index in [9.17, 15) is 9.59 Å². The quantitative estimate of drug-likeness (QED) is 0.469. The van der Waals surface area contributed by atoms with E-state index >= 15 is 0 Å². The van der Waals surface area contributed by atoms with E-state index in [1.165, 1.54) is 11.8 Å². The van der Waals surface area contributed by atoms with Gasteiger partial charge in [0.1, 0.15) is 0 Å². The molecule has 0 aliphatic heterocycles. The number of thioether (sulfide) groups is 1. The maximum Gasteiger partial charge on any atom is 0.251 e. The number of rotatable bonds is 9. The molecule has 0 unspecified atom stereocenters. The van der Waals surface area contributed by atoms with E-state index in [0.717, 1.165) is 11.3 Å². The fourth-order valence-corrected chi connectivity index (χ4v) is 4.14. The molecule has 0 aliphatic rings. The first-order valence-corrected chi connectivity index (χ1v) is 11.7. The third-order valence-corrected chi connectivity index (χ3v) is 5.93. The maximum absolute atomic E-state index is 12.7. The molecule has 2 amide bonds. The molecule has 3 rings (SSSR count). The van der Waals surface area contributed by atoms with Crippen LogP contribution >= 0.6 is 11.8 Å². The average Bonchev–Trinajstić information content (AvgIpc) is 3.18. The lowest BCUT2D eigenvalue weighted by Crippen LogP contribution is -2.33. The van der Waals surface area contributed by atoms with Gasteiger partial charge in [-0.1, -0.05) is 55.9 Å². The molecule has 0 spiro atoms. The Labute approximate surface area is 193 Å². The van der Waals surface area contributed by atoms with Crippen LogP contribution in [-0.2, 0) is 11.3 Å². The molecular weight excluding hydrogens is 422 g/mol. The van der Waals surface area contributed by atoms with Crippen LogP contribution in [0.25, 0.3) is 0 Å². The van der Waals surface area contributed by atoms with Crippen molar-refractivity contribution in [3.05, 3.63) is 71.5 Å². The summed E-state index contributed by atoms with van der Waals surface area (Å²) in [5, 5.41) is 15.3. The Balaban J connectivity index is 1.70. The van der Waals surface area contributed by atoms with Crippen LogP contribution in [0.15, 0.2) is 59.8 Å². The highest BCUT2D eigenvalue weighted by molar-refractivity contribution is 7.99. The summed E-state index contributed by atoms with van der Waals surface area (Å²) < 4.78 is 1.96. The second kappa shape index (κ2) is 10.9. The predicted octanol–water partition coefficient (Wildman–Crippen LogP) is 4.46. The van der Waals surface area contributed by atoms with Crippen molar-refractivity contribution < 1.29 is 9.59 Å². The van der Waals surface area contributed by atoms with Gasteiger partial charge in [-0.2, -0.15) is 0 Å². The molecule has 0 fully saturated rings. The van der Waals surface area contributed by atoms with E-state index in [1.54, 1.807) is 12.1 Å². The van der Waals surface area contributed by atoms with E-state index in [1.807, 2.05) is 74.7 Å². The molecule has 7 nitrogen and oxygen atoms in total. The normalized spacial score (nSPS) is 11.9. The van der Waals surface area contributed by atoms with Crippen LogP contribution in [0, 0.1) is 12.8 Å². The molecule has 0 bridgehead atoms. The maximum atomic E-state index is 12.7. The summed E-state index contributed by atoms with van der Waals surface area (Å²) in [7, 11) is 0. The van der Waals surface area contributed by atoms with Crippen molar-refractivity contribution >= 4 is 29.3 Å². The highest BCUT2D eigenvalue weighted by atomic mass is 32.2. The fourth-order valence-electron chi connectivity index (χ4n) is 3.33. The zero-order valence-corrected chi connectivity index (χ0v) is 19.6. The van der Waals surface area contributed by atoms with Gasteiger partial charge >= 0.3 is 0 Å². The lowest BCUT2D eigenvalue weighted by Gasteiger charge is -2.22. The number of carbonyl (C=O) groups is 2. The van der Waals surface area contributed by atoms with Gasteiger partial charge in [0.05, 0.1) is 11.8 Å². The number of aromatic nitrogens is 3. The Morgan fingerprint density at radius 3 is 2.47 bits per heavy atom. The molecule has 8 heteroatoms. The van der Waals surface area contributed by atoms with E-state index in [-0.39, 0.29) is 29.5 Å². The first-order chi connectivity index (χ1) is 15.4. The topological polar surface area (TPSA) is 88.9 Å². The van der Waals surface area contributed by atoms with Crippen LogP contribution < -0.4 is 10.6 Å². The van der Waals surface area contributed by atoms with Gasteiger partial charge in [-0.25, -0.2) is 0 Å². The minimum atomic E-state index is -0.300. The molecule has 32 heavy (non-hydrogen) atoms. The minimum absolute atomic E-state index is 0.106. The minimum Gasteiger partial charge on any atom is -0.342 e. The van der Waals surface area contributed by atoms with Crippen molar-refractivity contribution in [3.63, 3.8) is 0 Å². The predicted molar refractivity (Wildman–Crippen MR) is 128 cm³/mol. The zero-order valence-electron chi connectivity index (χ0n) is 18.8. The molecule has 0 saturated carbocycles. The Morgan fingerprint density at radius 2 is 1.81 bits per heavy atom. The molecule has 2 N–H and O–H groups in total. The molecule has 1 heterocycles. The number of nitrogens with zero attached hydrogens (tertiary/aromatic N) is 3. The van der Waals surface area contributed by atoms with E-state index in [0.29, 0.717) is 23.1 Å². The first kappa shape index (κ1) is 23.5. The number of benzene rings is 2. The first-order valence-electron chi connectivity index (χ1n) is 10.7. The van der Waals surface area contributed by atoms with Crippen LogP contribution in [0.4, 0.5) is 5.69 Å². The Morgan fingerprint density at radius 1 is 1.06 bits per heavy atom. The van der Waals surface area contributed by atoms with Gasteiger partial charge in [-0.15, -0.1) is 10.2 Å². The molecule has 0 saturated heterocycles. The van der Waals surface area contributed by atoms with Crippen molar-refractivity contribution in [2.75, 3.05) is 11.1 Å². The van der Waals surface area contributed by atoms with Gasteiger partial charge in [-0.05, 0) is 49.6 Å². The van der Waals surface area contributed by atoms with Gasteiger partial charge in [0.15, 0.2) is 11.0 Å². The van der Waals surface area contributed by atoms with Crippen LogP contribution in [-0.4, -0.2) is 32.3 Å². The van der Waals surface area contributed by atoms with E-state index in [2.05, 4.69) is 20.8 Å². The summed E-state index contributed by atoms with van der Waals surface area (Å²) in [5.41, 5.74) is 2.46. The van der Waals surface area contributed by atoms with Crippen molar-refractivity contribution in [2.24, 2.45) is 5.92 Å². The molecule has 168 valence electrons. The Kier molecular flexibility index (Phi) is 8.05. The summed E-state index contributed by atoms with van der Waals surface area (Å²) >= 11 is 1.33. The molecule has 3 aromatic rings. The van der Waals surface area contributed by atoms with Crippen LogP contribution in [0.5, 0.6) is 0 Å². The van der Waals surface area contributed by atoms with Crippen molar-refractivity contribution in [1.82, 2.24) is 20.1 Å². The Hall–Kier alpha value is -3.13. The van der Waals surface area contributed by atoms with Crippen LogP contribution in [0.1, 0.15) is 48.6 Å². The van der Waals surface area contributed by atoms with Gasteiger partial charge in [-0.3, -0.25) is 9.59 Å². The molecule has 1 aromatic heterocycles. The summed E-state index contributed by atoms with van der Waals surface area (Å²) in [5.74, 6) is 0.759. The highest BCUT2D eigenvalue weighted by Gasteiger charge is 2.26. The summed E-state index contributed by atoms with van der Waals surface area (Å²) in [6, 6.07) is 16.5. The van der Waals surface area contributed by atoms with Crippen molar-refractivity contribution in [1.29, 1.82) is 0 Å². The van der Waals surface area contributed by atoms with Gasteiger partial charge in [0.25, 0.3) is 5.91 Å². The Bertz CT molecular complexity index is 1070. The summed E-state index contributed by atoms with van der Waals surface area (Å²) in [4.78, 5) is 25.1. The zero-order chi connectivity index (χ0) is 23.1. The number of hydrogen-bond acceptors (Lipinski definition) is 5. The SMILES string of the molecule is CCn1c(SCC(=O)Nc2cccc(C)c2)nnc1[C@@H](NC(=O)c1ccccc1)C(C)C. The monoisotopic (exact) mass is 451 g/mol. The lowest BCUT2D eigenvalue weighted by atomic mass is 10.0. The number of nitrogens with one attached hydrogen (secondary N) is 2. The number of anilines is 1. The largest absolute Gasteiger partial charge is 0.342 e. The van der Waals surface area contributed by atoms with Crippen LogP contribution in [0.3, 0.4) is 0 Å².